The predicted octanol–water partition coefficient (Wildman–Crippen LogP) is 7.54. The third-order valence-electron chi connectivity index (χ3n) is 5.47. The minimum atomic E-state index is -2.65. The van der Waals surface area contributed by atoms with Crippen molar-refractivity contribution in [2.24, 2.45) is 0 Å². The molecule has 0 bridgehead atoms. The van der Waals surface area contributed by atoms with Gasteiger partial charge in [0.2, 0.25) is 5.44 Å². The van der Waals surface area contributed by atoms with E-state index in [0.717, 1.165) is 20.8 Å². The number of amides is 1. The summed E-state index contributed by atoms with van der Waals surface area (Å²) in [6, 6.07) is 38.1. The largest absolute Gasteiger partial charge is 0.450 e. The van der Waals surface area contributed by atoms with Crippen molar-refractivity contribution in [2.75, 3.05) is 6.61 Å². The fourth-order valence-electron chi connectivity index (χ4n) is 3.97. The van der Waals surface area contributed by atoms with E-state index in [1.807, 2.05) is 78.9 Å². The van der Waals surface area contributed by atoms with Crippen LogP contribution in [0.25, 0.3) is 0 Å². The minimum absolute atomic E-state index is 0.245. The molecule has 4 aromatic rings. The Morgan fingerprint density at radius 2 is 1.22 bits per heavy atom. The highest BCUT2D eigenvalue weighted by atomic mass is 35.5. The van der Waals surface area contributed by atoms with Gasteiger partial charge in [0.15, 0.2) is 7.26 Å². The summed E-state index contributed by atoms with van der Waals surface area (Å²) in [6.45, 7) is 2.02. The van der Waals surface area contributed by atoms with Crippen LogP contribution in [0.5, 0.6) is 0 Å². The van der Waals surface area contributed by atoms with Gasteiger partial charge in [0.25, 0.3) is 0 Å². The van der Waals surface area contributed by atoms with Crippen molar-refractivity contribution in [3.63, 3.8) is 0 Å². The summed E-state index contributed by atoms with van der Waals surface area (Å²) in [6.07, 6.45) is -0.547. The van der Waals surface area contributed by atoms with Crippen LogP contribution in [-0.2, 0) is 4.74 Å². The number of carbonyl (C=O) groups is 1. The van der Waals surface area contributed by atoms with E-state index in [-0.39, 0.29) is 6.61 Å². The van der Waals surface area contributed by atoms with Crippen molar-refractivity contribution in [2.45, 2.75) is 11.8 Å². The third kappa shape index (κ3) is 5.79. The molecule has 0 aliphatic heterocycles. The number of hydrogen-bond donors (Lipinski definition) is 1. The number of alkyl carbamates (subject to hydrolysis) is 1. The first-order chi connectivity index (χ1) is 17.6. The van der Waals surface area contributed by atoms with Crippen LogP contribution in [-0.4, -0.2) is 12.7 Å². The van der Waals surface area contributed by atoms with Gasteiger partial charge in [-0.2, -0.15) is 0 Å². The maximum atomic E-state index is 13.0. The van der Waals surface area contributed by atoms with Crippen LogP contribution >= 0.6 is 42.2 Å². The molecule has 0 aliphatic rings. The van der Waals surface area contributed by atoms with Crippen LogP contribution in [0.15, 0.2) is 130 Å². The molecule has 0 radical (unpaired) electrons. The Hall–Kier alpha value is -2.75. The third-order valence-corrected chi connectivity index (χ3v) is 11.5. The number of hydrogen-bond acceptors (Lipinski definition) is 3. The minimum Gasteiger partial charge on any atom is -0.450 e. The van der Waals surface area contributed by atoms with E-state index in [0.29, 0.717) is 14.8 Å². The first kappa shape index (κ1) is 26.3. The maximum Gasteiger partial charge on any atom is 0.414 e. The zero-order valence-electron chi connectivity index (χ0n) is 19.6. The van der Waals surface area contributed by atoms with Crippen LogP contribution in [0.2, 0.25) is 5.02 Å². The van der Waals surface area contributed by atoms with Crippen molar-refractivity contribution in [3.05, 3.63) is 130 Å². The van der Waals surface area contributed by atoms with Crippen LogP contribution in [0.1, 0.15) is 6.92 Å². The van der Waals surface area contributed by atoms with Gasteiger partial charge in [0, 0.05) is 9.92 Å². The Kier molecular flexibility index (Phi) is 9.12. The van der Waals surface area contributed by atoms with Gasteiger partial charge in [-0.05, 0) is 67.6 Å². The van der Waals surface area contributed by atoms with Gasteiger partial charge >= 0.3 is 6.09 Å². The molecule has 0 fully saturated rings. The van der Waals surface area contributed by atoms with Crippen molar-refractivity contribution < 1.29 is 9.53 Å². The Labute approximate surface area is 226 Å². The highest BCUT2D eigenvalue weighted by molar-refractivity contribution is 8.06. The van der Waals surface area contributed by atoms with Crippen LogP contribution in [0.4, 0.5) is 4.79 Å². The van der Waals surface area contributed by atoms with Gasteiger partial charge < -0.3 is 4.74 Å². The smallest absolute Gasteiger partial charge is 0.414 e. The predicted molar refractivity (Wildman–Crippen MR) is 155 cm³/mol. The van der Waals surface area contributed by atoms with Crippen molar-refractivity contribution in [1.29, 1.82) is 0 Å². The summed E-state index contributed by atoms with van der Waals surface area (Å²) in [7, 11) is -2.65. The molecule has 0 aliphatic carbocycles. The molecule has 0 spiro atoms. The first-order valence-corrected chi connectivity index (χ1v) is 14.7. The zero-order chi connectivity index (χ0) is 25.4. The van der Waals surface area contributed by atoms with E-state index < -0.39 is 13.4 Å². The summed E-state index contributed by atoms with van der Waals surface area (Å²) >= 11 is 14.6. The van der Waals surface area contributed by atoms with Gasteiger partial charge in [0.05, 0.1) is 6.61 Å². The molecule has 0 aromatic heterocycles. The Morgan fingerprint density at radius 3 is 1.64 bits per heavy atom. The Bertz CT molecular complexity index is 1220. The molecule has 0 saturated heterocycles. The molecule has 182 valence electrons. The number of benzene rings is 4. The number of thioether (sulfide) groups is 1. The first-order valence-electron chi connectivity index (χ1n) is 11.4. The SMILES string of the molecule is CCOC(=O)NC(=C(Cl)Sc1ccc(Cl)cc1)[P+](c1ccccc1)(c1ccccc1)c1ccccc1. The number of carbonyl (C=O) groups excluding carboxylic acids is 1. The van der Waals surface area contributed by atoms with Crippen LogP contribution in [0.3, 0.4) is 0 Å². The second-order valence-corrected chi connectivity index (χ2v) is 13.2. The van der Waals surface area contributed by atoms with Gasteiger partial charge in [-0.1, -0.05) is 89.6 Å². The Morgan fingerprint density at radius 1 is 0.778 bits per heavy atom. The summed E-state index contributed by atoms with van der Waals surface area (Å²) < 4.78 is 5.79. The number of rotatable bonds is 8. The summed E-state index contributed by atoms with van der Waals surface area (Å²) in [5, 5.41) is 6.90. The molecule has 4 rings (SSSR count). The number of nitrogens with one attached hydrogen (secondary N) is 1. The molecule has 7 heteroatoms. The summed E-state index contributed by atoms with van der Waals surface area (Å²) in [4.78, 5) is 13.9. The van der Waals surface area contributed by atoms with E-state index in [4.69, 9.17) is 27.9 Å². The van der Waals surface area contributed by atoms with Gasteiger partial charge in [0.1, 0.15) is 20.3 Å². The van der Waals surface area contributed by atoms with E-state index in [1.165, 1.54) is 11.8 Å². The highest BCUT2D eigenvalue weighted by Crippen LogP contribution is 2.63. The number of ether oxygens (including phenoxy) is 1. The monoisotopic (exact) mass is 552 g/mol. The van der Waals surface area contributed by atoms with Gasteiger partial charge in [-0.3, -0.25) is 5.32 Å². The van der Waals surface area contributed by atoms with Gasteiger partial charge in [-0.25, -0.2) is 4.79 Å². The van der Waals surface area contributed by atoms with Crippen molar-refractivity contribution in [3.8, 4) is 0 Å². The van der Waals surface area contributed by atoms with E-state index in [9.17, 15) is 4.79 Å². The lowest BCUT2D eigenvalue weighted by Gasteiger charge is -2.29. The normalized spacial score (nSPS) is 12.0. The summed E-state index contributed by atoms with van der Waals surface area (Å²) in [5.41, 5.74) is 0.617. The lowest BCUT2D eigenvalue weighted by atomic mass is 10.4. The highest BCUT2D eigenvalue weighted by Gasteiger charge is 2.52. The average molecular weight is 553 g/mol. The molecule has 0 saturated carbocycles. The average Bonchev–Trinajstić information content (AvgIpc) is 2.92. The molecule has 0 unspecified atom stereocenters. The summed E-state index contributed by atoms with van der Waals surface area (Å²) in [5.74, 6) is 0. The topological polar surface area (TPSA) is 38.3 Å². The molecule has 1 N–H and O–H groups in total. The lowest BCUT2D eigenvalue weighted by molar-refractivity contribution is 0.156. The molecular formula is C29H25Cl2NO2PS+. The quantitative estimate of drug-likeness (QED) is 0.181. The molecule has 1 amide bonds. The van der Waals surface area contributed by atoms with Crippen LogP contribution in [0, 0.1) is 0 Å². The van der Waals surface area contributed by atoms with E-state index in [1.54, 1.807) is 6.92 Å². The van der Waals surface area contributed by atoms with Crippen molar-refractivity contribution >= 4 is 64.2 Å². The molecule has 3 nitrogen and oxygen atoms in total. The lowest BCUT2D eigenvalue weighted by Crippen LogP contribution is -2.38. The van der Waals surface area contributed by atoms with Crippen molar-refractivity contribution in [1.82, 2.24) is 5.32 Å². The van der Waals surface area contributed by atoms with E-state index in [2.05, 4.69) is 41.7 Å². The molecular weight excluding hydrogens is 528 g/mol. The molecule has 0 atom stereocenters. The zero-order valence-corrected chi connectivity index (χ0v) is 22.8. The second-order valence-electron chi connectivity index (χ2n) is 7.70. The Balaban J connectivity index is 2.05. The maximum absolute atomic E-state index is 13.0. The fourth-order valence-corrected chi connectivity index (χ4v) is 10.0. The van der Waals surface area contributed by atoms with Gasteiger partial charge in [-0.15, -0.1) is 0 Å². The molecule has 4 aromatic carbocycles. The number of halogens is 2. The molecule has 36 heavy (non-hydrogen) atoms. The van der Waals surface area contributed by atoms with E-state index >= 15 is 0 Å². The second kappa shape index (κ2) is 12.5. The standard InChI is InChI=1S/C29H24Cl2NO2PS/c1-2-34-29(33)32-28(27(31)36-26-20-18-22(30)19-21-26)35(23-12-6-3-7-13-23,24-14-8-4-9-15-24)25-16-10-5-11-17-25/h3-21H,2H2,1H3/p+1. The van der Waals surface area contributed by atoms with Crippen LogP contribution < -0.4 is 21.2 Å². The fraction of sp³-hybridized carbons (Fsp3) is 0.0690. The molecule has 0 heterocycles.